The maximum absolute atomic E-state index is 13.4. The lowest BCUT2D eigenvalue weighted by Gasteiger charge is -2.53. The van der Waals surface area contributed by atoms with Crippen molar-refractivity contribution in [1.29, 1.82) is 0 Å². The summed E-state index contributed by atoms with van der Waals surface area (Å²) in [6.45, 7) is 2.57. The number of rotatable bonds is 6. The number of carbonyl (C=O) groups is 1. The van der Waals surface area contributed by atoms with Crippen LogP contribution < -0.4 is 0 Å². The quantitative estimate of drug-likeness (QED) is 0.625. The van der Waals surface area contributed by atoms with E-state index in [1.165, 1.54) is 4.31 Å². The van der Waals surface area contributed by atoms with Gasteiger partial charge in [-0.3, -0.25) is 9.69 Å². The third-order valence-electron chi connectivity index (χ3n) is 6.63. The van der Waals surface area contributed by atoms with E-state index in [0.29, 0.717) is 23.2 Å². The molecule has 3 aliphatic heterocycles. The van der Waals surface area contributed by atoms with Gasteiger partial charge in [-0.2, -0.15) is 4.31 Å². The highest BCUT2D eigenvalue weighted by Crippen LogP contribution is 2.32. The van der Waals surface area contributed by atoms with Crippen LogP contribution in [-0.4, -0.2) is 103 Å². The van der Waals surface area contributed by atoms with Crippen LogP contribution in [0, 0.1) is 0 Å². The number of hydrogen-bond acceptors (Lipinski definition) is 6. The minimum Gasteiger partial charge on any atom is -0.395 e. The first kappa shape index (κ1) is 24.2. The van der Waals surface area contributed by atoms with Crippen LogP contribution in [0.2, 0.25) is 10.0 Å². The van der Waals surface area contributed by atoms with Gasteiger partial charge in [-0.15, -0.1) is 0 Å². The summed E-state index contributed by atoms with van der Waals surface area (Å²) in [6.07, 6.45) is 2.33. The summed E-state index contributed by atoms with van der Waals surface area (Å²) >= 11 is 12.1. The van der Waals surface area contributed by atoms with Crippen LogP contribution >= 0.6 is 23.2 Å². The normalized spacial score (nSPS) is 27.5. The molecule has 3 fully saturated rings. The molecule has 3 atom stereocenters. The standard InChI is InChI=1S/C21H29Cl2N3O5S/c22-16-4-3-15(11-17(16)23)12-20(28)25-7-8-26(32(29,30)10-9-27)19-14-31-13-18(21(19)25)24-5-1-2-6-24/h3-4,11,18-19,21,27H,1-2,5-10,12-14H2. The SMILES string of the molecule is O=C(Cc1ccc(Cl)c(Cl)c1)N1CCN(S(=O)(=O)CCO)C2COCC(N3CCCC3)C21. The maximum Gasteiger partial charge on any atom is 0.227 e. The third kappa shape index (κ3) is 4.94. The van der Waals surface area contributed by atoms with E-state index in [-0.39, 0.29) is 43.3 Å². The van der Waals surface area contributed by atoms with Crippen LogP contribution in [0.3, 0.4) is 0 Å². The number of sulfonamides is 1. The van der Waals surface area contributed by atoms with Gasteiger partial charge >= 0.3 is 0 Å². The molecule has 178 valence electrons. The number of halogens is 2. The fourth-order valence-electron chi connectivity index (χ4n) is 5.14. The van der Waals surface area contributed by atoms with Crippen molar-refractivity contribution in [3.63, 3.8) is 0 Å². The van der Waals surface area contributed by atoms with Crippen molar-refractivity contribution in [3.05, 3.63) is 33.8 Å². The zero-order valence-electron chi connectivity index (χ0n) is 17.8. The summed E-state index contributed by atoms with van der Waals surface area (Å²) in [6, 6.07) is 4.31. The molecule has 11 heteroatoms. The third-order valence-corrected chi connectivity index (χ3v) is 9.24. The Kier molecular flexibility index (Phi) is 7.66. The summed E-state index contributed by atoms with van der Waals surface area (Å²) < 4.78 is 33.0. The zero-order valence-corrected chi connectivity index (χ0v) is 20.2. The molecule has 0 spiro atoms. The first-order valence-electron chi connectivity index (χ1n) is 11.0. The number of amides is 1. The number of hydrogen-bond donors (Lipinski definition) is 1. The van der Waals surface area contributed by atoms with E-state index in [1.807, 2.05) is 4.90 Å². The van der Waals surface area contributed by atoms with Gasteiger partial charge in [0.1, 0.15) is 0 Å². The van der Waals surface area contributed by atoms with E-state index in [0.717, 1.165) is 31.5 Å². The second-order valence-electron chi connectivity index (χ2n) is 8.57. The molecule has 0 saturated carbocycles. The Bertz CT molecular complexity index is 941. The molecule has 1 aromatic rings. The summed E-state index contributed by atoms with van der Waals surface area (Å²) in [4.78, 5) is 17.6. The van der Waals surface area contributed by atoms with Crippen molar-refractivity contribution in [3.8, 4) is 0 Å². The zero-order chi connectivity index (χ0) is 22.9. The molecule has 1 aromatic carbocycles. The van der Waals surface area contributed by atoms with Gasteiger partial charge in [0.2, 0.25) is 15.9 Å². The number of fused-ring (bicyclic) bond motifs is 1. The van der Waals surface area contributed by atoms with E-state index in [1.54, 1.807) is 18.2 Å². The monoisotopic (exact) mass is 505 g/mol. The van der Waals surface area contributed by atoms with Crippen molar-refractivity contribution < 1.29 is 23.1 Å². The molecule has 0 radical (unpaired) electrons. The van der Waals surface area contributed by atoms with E-state index in [4.69, 9.17) is 27.9 Å². The number of likely N-dealkylation sites (tertiary alicyclic amines) is 1. The fraction of sp³-hybridized carbons (Fsp3) is 0.667. The Labute approximate surface area is 199 Å². The highest BCUT2D eigenvalue weighted by molar-refractivity contribution is 7.89. The molecular formula is C21H29Cl2N3O5S. The molecule has 1 N–H and O–H groups in total. The Hall–Kier alpha value is -0.940. The Morgan fingerprint density at radius 1 is 1.06 bits per heavy atom. The largest absolute Gasteiger partial charge is 0.395 e. The van der Waals surface area contributed by atoms with Crippen molar-refractivity contribution in [2.45, 2.75) is 37.4 Å². The highest BCUT2D eigenvalue weighted by Gasteiger charge is 2.50. The maximum atomic E-state index is 13.4. The van der Waals surface area contributed by atoms with Crippen LogP contribution in [0.1, 0.15) is 18.4 Å². The van der Waals surface area contributed by atoms with Gasteiger partial charge in [0, 0.05) is 13.1 Å². The van der Waals surface area contributed by atoms with Crippen LogP contribution in [0.25, 0.3) is 0 Å². The lowest BCUT2D eigenvalue weighted by molar-refractivity contribution is -0.147. The summed E-state index contributed by atoms with van der Waals surface area (Å²) in [5.41, 5.74) is 0.765. The average Bonchev–Trinajstić information content (AvgIpc) is 3.29. The molecule has 32 heavy (non-hydrogen) atoms. The fourth-order valence-corrected chi connectivity index (χ4v) is 6.89. The number of ether oxygens (including phenoxy) is 1. The molecule has 0 aliphatic carbocycles. The van der Waals surface area contributed by atoms with Crippen LogP contribution in [0.5, 0.6) is 0 Å². The number of aliphatic hydroxyl groups excluding tert-OH is 1. The molecule has 3 unspecified atom stereocenters. The van der Waals surface area contributed by atoms with E-state index in [9.17, 15) is 18.3 Å². The van der Waals surface area contributed by atoms with Gasteiger partial charge in [-0.1, -0.05) is 29.3 Å². The van der Waals surface area contributed by atoms with Gasteiger partial charge in [-0.05, 0) is 43.6 Å². The van der Waals surface area contributed by atoms with E-state index < -0.39 is 22.7 Å². The van der Waals surface area contributed by atoms with Crippen molar-refractivity contribution in [2.75, 3.05) is 51.8 Å². The predicted molar refractivity (Wildman–Crippen MR) is 122 cm³/mol. The van der Waals surface area contributed by atoms with Gasteiger partial charge in [0.05, 0.1) is 60.2 Å². The Balaban J connectivity index is 1.62. The van der Waals surface area contributed by atoms with Crippen LogP contribution in [-0.2, 0) is 26.0 Å². The lowest BCUT2D eigenvalue weighted by atomic mass is 9.92. The number of carbonyl (C=O) groups excluding carboxylic acids is 1. The average molecular weight is 506 g/mol. The molecule has 3 aliphatic rings. The molecule has 3 saturated heterocycles. The van der Waals surface area contributed by atoms with Crippen LogP contribution in [0.15, 0.2) is 18.2 Å². The number of benzene rings is 1. The van der Waals surface area contributed by atoms with Gasteiger partial charge in [-0.25, -0.2) is 8.42 Å². The summed E-state index contributed by atoms with van der Waals surface area (Å²) in [5, 5.41) is 10.1. The van der Waals surface area contributed by atoms with Gasteiger partial charge in [0.25, 0.3) is 0 Å². The molecule has 4 rings (SSSR count). The molecule has 3 heterocycles. The predicted octanol–water partition coefficient (Wildman–Crippen LogP) is 1.23. The second-order valence-corrected chi connectivity index (χ2v) is 11.4. The topological polar surface area (TPSA) is 90.4 Å². The summed E-state index contributed by atoms with van der Waals surface area (Å²) in [5.74, 6) is -0.398. The smallest absolute Gasteiger partial charge is 0.227 e. The minimum absolute atomic E-state index is 0.0660. The van der Waals surface area contributed by atoms with Gasteiger partial charge in [0.15, 0.2) is 0 Å². The minimum atomic E-state index is -3.65. The van der Waals surface area contributed by atoms with Gasteiger partial charge < -0.3 is 14.7 Å². The van der Waals surface area contributed by atoms with Crippen LogP contribution in [0.4, 0.5) is 0 Å². The van der Waals surface area contributed by atoms with Crippen molar-refractivity contribution in [2.24, 2.45) is 0 Å². The Morgan fingerprint density at radius 2 is 1.78 bits per heavy atom. The van der Waals surface area contributed by atoms with Crippen molar-refractivity contribution >= 4 is 39.1 Å². The number of nitrogens with zero attached hydrogens (tertiary/aromatic N) is 3. The highest BCUT2D eigenvalue weighted by atomic mass is 35.5. The van der Waals surface area contributed by atoms with E-state index >= 15 is 0 Å². The second kappa shape index (κ2) is 10.1. The first-order chi connectivity index (χ1) is 15.3. The lowest BCUT2D eigenvalue weighted by Crippen LogP contribution is -2.72. The number of piperazine rings is 1. The summed E-state index contributed by atoms with van der Waals surface area (Å²) in [7, 11) is -3.65. The molecule has 0 aromatic heterocycles. The molecule has 1 amide bonds. The molecule has 0 bridgehead atoms. The first-order valence-corrected chi connectivity index (χ1v) is 13.3. The number of aliphatic hydroxyl groups is 1. The van der Waals surface area contributed by atoms with Crippen molar-refractivity contribution in [1.82, 2.24) is 14.1 Å². The Morgan fingerprint density at radius 3 is 2.47 bits per heavy atom. The molecule has 8 nitrogen and oxygen atoms in total. The van der Waals surface area contributed by atoms with E-state index in [2.05, 4.69) is 4.90 Å². The molecular weight excluding hydrogens is 477 g/mol.